The van der Waals surface area contributed by atoms with Gasteiger partial charge in [0.15, 0.2) is 0 Å². The van der Waals surface area contributed by atoms with E-state index in [1.807, 2.05) is 0 Å². The van der Waals surface area contributed by atoms with E-state index >= 15 is 0 Å². The van der Waals surface area contributed by atoms with Gasteiger partial charge in [-0.25, -0.2) is 0 Å². The first-order valence-corrected chi connectivity index (χ1v) is 8.73. The summed E-state index contributed by atoms with van der Waals surface area (Å²) in [6, 6.07) is 11.0. The van der Waals surface area contributed by atoms with Crippen LogP contribution in [0.3, 0.4) is 0 Å². The summed E-state index contributed by atoms with van der Waals surface area (Å²) in [7, 11) is 0. The van der Waals surface area contributed by atoms with Gasteiger partial charge in [0.05, 0.1) is 11.8 Å². The lowest BCUT2D eigenvalue weighted by Gasteiger charge is -2.39. The van der Waals surface area contributed by atoms with Crippen molar-refractivity contribution in [1.82, 2.24) is 9.80 Å². The molecular weight excluding hydrogens is 286 g/mol. The van der Waals surface area contributed by atoms with Crippen molar-refractivity contribution in [3.8, 4) is 0 Å². The fraction of sp³-hybridized carbons (Fsp3) is 0.526. The molecule has 1 aromatic carbocycles. The molecule has 0 bridgehead atoms. The Kier molecular flexibility index (Phi) is 5.83. The van der Waals surface area contributed by atoms with Gasteiger partial charge in [0.1, 0.15) is 0 Å². The number of allylic oxidation sites excluding steroid dienone is 2. The molecule has 1 N–H and O–H groups in total. The van der Waals surface area contributed by atoms with E-state index in [9.17, 15) is 5.21 Å². The third-order valence-electron chi connectivity index (χ3n) is 4.95. The van der Waals surface area contributed by atoms with Gasteiger partial charge in [-0.05, 0) is 31.2 Å². The smallest absolute Gasteiger partial charge is 0.0745 e. The molecule has 4 nitrogen and oxygen atoms in total. The van der Waals surface area contributed by atoms with E-state index in [-0.39, 0.29) is 0 Å². The number of oxime groups is 1. The van der Waals surface area contributed by atoms with E-state index in [1.165, 1.54) is 5.56 Å². The molecule has 1 fully saturated rings. The Bertz CT molecular complexity index is 533. The van der Waals surface area contributed by atoms with E-state index in [0.29, 0.717) is 6.04 Å². The fourth-order valence-electron chi connectivity index (χ4n) is 3.64. The topological polar surface area (TPSA) is 39.1 Å². The van der Waals surface area contributed by atoms with Crippen LogP contribution in [-0.2, 0) is 6.54 Å². The van der Waals surface area contributed by atoms with Crippen LogP contribution in [0.25, 0.3) is 0 Å². The molecule has 0 amide bonds. The maximum absolute atomic E-state index is 9.38. The zero-order valence-electron chi connectivity index (χ0n) is 13.8. The van der Waals surface area contributed by atoms with Crippen LogP contribution < -0.4 is 0 Å². The third kappa shape index (κ3) is 4.43. The Balaban J connectivity index is 1.56. The minimum Gasteiger partial charge on any atom is -0.411 e. The zero-order valence-corrected chi connectivity index (χ0v) is 13.8. The van der Waals surface area contributed by atoms with Crippen molar-refractivity contribution in [2.24, 2.45) is 5.16 Å². The standard InChI is InChI=1S/C19H27N3O/c23-20-18-10-6-1-2-7-11-19(18)22-14-12-21(13-15-22)16-17-8-4-3-5-9-17/h1-5,8-9,19,23H,6-7,10-16H2/b2-1?,20-18-/t19-/m0/s1. The maximum atomic E-state index is 9.38. The molecule has 0 radical (unpaired) electrons. The molecule has 1 atom stereocenters. The number of hydrogen-bond donors (Lipinski definition) is 1. The molecule has 23 heavy (non-hydrogen) atoms. The summed E-state index contributed by atoms with van der Waals surface area (Å²) in [5.41, 5.74) is 2.35. The van der Waals surface area contributed by atoms with E-state index in [4.69, 9.17) is 0 Å². The Morgan fingerprint density at radius 2 is 1.74 bits per heavy atom. The van der Waals surface area contributed by atoms with E-state index in [1.54, 1.807) is 0 Å². The second kappa shape index (κ2) is 8.27. The van der Waals surface area contributed by atoms with Crippen LogP contribution in [0.1, 0.15) is 31.2 Å². The highest BCUT2D eigenvalue weighted by Crippen LogP contribution is 2.19. The zero-order chi connectivity index (χ0) is 15.9. The van der Waals surface area contributed by atoms with Gasteiger partial charge in [0.2, 0.25) is 0 Å². The molecular formula is C19H27N3O. The highest BCUT2D eigenvalue weighted by Gasteiger charge is 2.27. The van der Waals surface area contributed by atoms with Crippen LogP contribution in [0.15, 0.2) is 47.6 Å². The first-order valence-electron chi connectivity index (χ1n) is 8.73. The molecule has 0 saturated carbocycles. The van der Waals surface area contributed by atoms with Crippen molar-refractivity contribution in [2.45, 2.75) is 38.3 Å². The molecule has 0 spiro atoms. The summed E-state index contributed by atoms with van der Waals surface area (Å²) in [5, 5.41) is 13.0. The van der Waals surface area contributed by atoms with Gasteiger partial charge in [-0.1, -0.05) is 47.6 Å². The Morgan fingerprint density at radius 1 is 1.00 bits per heavy atom. The molecule has 1 heterocycles. The number of rotatable bonds is 3. The number of hydrogen-bond acceptors (Lipinski definition) is 4. The normalized spacial score (nSPS) is 26.1. The predicted molar refractivity (Wildman–Crippen MR) is 93.9 cm³/mol. The molecule has 0 unspecified atom stereocenters. The summed E-state index contributed by atoms with van der Waals surface area (Å²) in [6.07, 6.45) is 8.49. The van der Waals surface area contributed by atoms with Crippen LogP contribution in [0.5, 0.6) is 0 Å². The lowest BCUT2D eigenvalue weighted by atomic mass is 9.96. The molecule has 0 aromatic heterocycles. The van der Waals surface area contributed by atoms with Gasteiger partial charge in [-0.15, -0.1) is 0 Å². The first kappa shape index (κ1) is 16.2. The summed E-state index contributed by atoms with van der Waals surface area (Å²) < 4.78 is 0. The van der Waals surface area contributed by atoms with Gasteiger partial charge < -0.3 is 5.21 Å². The number of piperazine rings is 1. The monoisotopic (exact) mass is 313 g/mol. The van der Waals surface area contributed by atoms with E-state index in [2.05, 4.69) is 57.4 Å². The molecule has 2 aliphatic rings. The van der Waals surface area contributed by atoms with Gasteiger partial charge in [0.25, 0.3) is 0 Å². The molecule has 3 rings (SSSR count). The van der Waals surface area contributed by atoms with Crippen molar-refractivity contribution >= 4 is 5.71 Å². The minimum atomic E-state index is 0.309. The number of nitrogens with zero attached hydrogens (tertiary/aromatic N) is 3. The van der Waals surface area contributed by atoms with Crippen molar-refractivity contribution < 1.29 is 5.21 Å². The van der Waals surface area contributed by atoms with Crippen molar-refractivity contribution in [3.05, 3.63) is 48.0 Å². The van der Waals surface area contributed by atoms with E-state index < -0.39 is 0 Å². The molecule has 1 saturated heterocycles. The molecule has 4 heteroatoms. The molecule has 124 valence electrons. The van der Waals surface area contributed by atoms with Crippen LogP contribution in [0.2, 0.25) is 0 Å². The molecule has 1 aliphatic carbocycles. The quantitative estimate of drug-likeness (QED) is 0.529. The SMILES string of the molecule is O/N=C1/CCC=CCC[C@@H]1N1CCN(Cc2ccccc2)CC1. The van der Waals surface area contributed by atoms with Crippen LogP contribution in [0, 0.1) is 0 Å². The largest absolute Gasteiger partial charge is 0.411 e. The summed E-state index contributed by atoms with van der Waals surface area (Å²) in [4.78, 5) is 5.03. The van der Waals surface area contributed by atoms with Crippen molar-refractivity contribution in [1.29, 1.82) is 0 Å². The van der Waals surface area contributed by atoms with Crippen molar-refractivity contribution in [3.63, 3.8) is 0 Å². The summed E-state index contributed by atoms with van der Waals surface area (Å²) in [6.45, 7) is 5.31. The highest BCUT2D eigenvalue weighted by atomic mass is 16.4. The second-order valence-electron chi connectivity index (χ2n) is 6.49. The Labute approximate surface area is 139 Å². The van der Waals surface area contributed by atoms with Gasteiger partial charge in [-0.3, -0.25) is 9.80 Å². The van der Waals surface area contributed by atoms with Crippen molar-refractivity contribution in [2.75, 3.05) is 26.2 Å². The van der Waals surface area contributed by atoms with Gasteiger partial charge in [0, 0.05) is 32.7 Å². The average Bonchev–Trinajstić information content (AvgIpc) is 2.57. The van der Waals surface area contributed by atoms with Crippen LogP contribution in [-0.4, -0.2) is 52.9 Å². The minimum absolute atomic E-state index is 0.309. The molecule has 1 aliphatic heterocycles. The first-order chi connectivity index (χ1) is 11.4. The average molecular weight is 313 g/mol. The second-order valence-corrected chi connectivity index (χ2v) is 6.49. The lowest BCUT2D eigenvalue weighted by Crippen LogP contribution is -2.52. The van der Waals surface area contributed by atoms with Crippen LogP contribution in [0.4, 0.5) is 0 Å². The summed E-state index contributed by atoms with van der Waals surface area (Å²) in [5.74, 6) is 0. The highest BCUT2D eigenvalue weighted by molar-refractivity contribution is 5.89. The lowest BCUT2D eigenvalue weighted by molar-refractivity contribution is 0.108. The number of benzene rings is 1. The van der Waals surface area contributed by atoms with Crippen LogP contribution >= 0.6 is 0 Å². The Hall–Kier alpha value is -1.65. The maximum Gasteiger partial charge on any atom is 0.0745 e. The Morgan fingerprint density at radius 3 is 2.48 bits per heavy atom. The summed E-state index contributed by atoms with van der Waals surface area (Å²) >= 11 is 0. The van der Waals surface area contributed by atoms with E-state index in [0.717, 1.165) is 64.1 Å². The van der Waals surface area contributed by atoms with Gasteiger partial charge >= 0.3 is 0 Å². The third-order valence-corrected chi connectivity index (χ3v) is 4.95. The fourth-order valence-corrected chi connectivity index (χ4v) is 3.64. The predicted octanol–water partition coefficient (Wildman–Crippen LogP) is 3.13. The molecule has 1 aromatic rings. The van der Waals surface area contributed by atoms with Gasteiger partial charge in [-0.2, -0.15) is 0 Å².